The summed E-state index contributed by atoms with van der Waals surface area (Å²) < 4.78 is 0. The Labute approximate surface area is 88.1 Å². The molecule has 1 unspecified atom stereocenters. The first kappa shape index (κ1) is 9.92. The lowest BCUT2D eigenvalue weighted by atomic mass is 10.2. The predicted octanol–water partition coefficient (Wildman–Crippen LogP) is -0.0457. The molecule has 0 bridgehead atoms. The van der Waals surface area contributed by atoms with Gasteiger partial charge in [-0.3, -0.25) is 4.79 Å². The van der Waals surface area contributed by atoms with Crippen LogP contribution in [0, 0.1) is 0 Å². The molecule has 0 aliphatic carbocycles. The van der Waals surface area contributed by atoms with Crippen LogP contribution >= 0.6 is 0 Å². The van der Waals surface area contributed by atoms with Gasteiger partial charge in [0.2, 0.25) is 0 Å². The van der Waals surface area contributed by atoms with E-state index in [1.165, 1.54) is 0 Å². The standard InChI is InChI=1S/C10H14N4O/c11-9(15)8-2-1-4-13-10(8)14-7-3-5-12-6-7/h1-2,4,7,12H,3,5-6H2,(H2,11,15)(H,13,14). The largest absolute Gasteiger partial charge is 0.365 e. The van der Waals surface area contributed by atoms with Crippen LogP contribution in [0.15, 0.2) is 18.3 Å². The maximum absolute atomic E-state index is 11.1. The van der Waals surface area contributed by atoms with Crippen molar-refractivity contribution in [1.29, 1.82) is 0 Å². The molecule has 1 aliphatic heterocycles. The summed E-state index contributed by atoms with van der Waals surface area (Å²) in [4.78, 5) is 15.2. The van der Waals surface area contributed by atoms with E-state index in [1.807, 2.05) is 0 Å². The number of nitrogens with zero attached hydrogens (tertiary/aromatic N) is 1. The van der Waals surface area contributed by atoms with Crippen molar-refractivity contribution in [1.82, 2.24) is 10.3 Å². The Morgan fingerprint density at radius 1 is 1.67 bits per heavy atom. The van der Waals surface area contributed by atoms with E-state index in [0.29, 0.717) is 17.4 Å². The number of rotatable bonds is 3. The molecule has 0 aromatic carbocycles. The number of primary amides is 1. The van der Waals surface area contributed by atoms with Gasteiger partial charge in [0.05, 0.1) is 5.56 Å². The van der Waals surface area contributed by atoms with Crippen molar-refractivity contribution in [2.75, 3.05) is 18.4 Å². The van der Waals surface area contributed by atoms with Crippen LogP contribution in [0.5, 0.6) is 0 Å². The summed E-state index contributed by atoms with van der Waals surface area (Å²) in [6, 6.07) is 3.72. The van der Waals surface area contributed by atoms with E-state index in [9.17, 15) is 4.79 Å². The average molecular weight is 206 g/mol. The SMILES string of the molecule is NC(=O)c1cccnc1NC1CCNC1. The van der Waals surface area contributed by atoms with Crippen LogP contribution in [0.4, 0.5) is 5.82 Å². The minimum atomic E-state index is -0.448. The number of hydrogen-bond acceptors (Lipinski definition) is 4. The first-order valence-electron chi connectivity index (χ1n) is 4.99. The van der Waals surface area contributed by atoms with Gasteiger partial charge < -0.3 is 16.4 Å². The molecule has 1 aromatic heterocycles. The average Bonchev–Trinajstić information content (AvgIpc) is 2.71. The zero-order chi connectivity index (χ0) is 10.7. The van der Waals surface area contributed by atoms with Crippen LogP contribution in [0.2, 0.25) is 0 Å². The molecule has 15 heavy (non-hydrogen) atoms. The maximum atomic E-state index is 11.1. The van der Waals surface area contributed by atoms with E-state index in [-0.39, 0.29) is 0 Å². The summed E-state index contributed by atoms with van der Waals surface area (Å²) in [5.74, 6) is 0.134. The fraction of sp³-hybridized carbons (Fsp3) is 0.400. The monoisotopic (exact) mass is 206 g/mol. The molecule has 5 heteroatoms. The number of amides is 1. The fourth-order valence-corrected chi connectivity index (χ4v) is 1.69. The van der Waals surface area contributed by atoms with Gasteiger partial charge in [0, 0.05) is 18.8 Å². The Kier molecular flexibility index (Phi) is 2.82. The molecule has 4 N–H and O–H groups in total. The second-order valence-electron chi connectivity index (χ2n) is 3.60. The van der Waals surface area contributed by atoms with E-state index in [2.05, 4.69) is 15.6 Å². The number of carbonyl (C=O) groups is 1. The highest BCUT2D eigenvalue weighted by Crippen LogP contribution is 2.13. The van der Waals surface area contributed by atoms with Crippen molar-refractivity contribution in [2.45, 2.75) is 12.5 Å². The molecule has 80 valence electrons. The smallest absolute Gasteiger partial charge is 0.252 e. The number of carbonyl (C=O) groups excluding carboxylic acids is 1. The van der Waals surface area contributed by atoms with Gasteiger partial charge in [0.15, 0.2) is 0 Å². The molecule has 0 radical (unpaired) electrons. The minimum Gasteiger partial charge on any atom is -0.365 e. The molecule has 1 aromatic rings. The Bertz CT molecular complexity index is 360. The first-order valence-corrected chi connectivity index (χ1v) is 4.99. The normalized spacial score (nSPS) is 20.1. The second kappa shape index (κ2) is 4.27. The molecule has 1 atom stereocenters. The predicted molar refractivity (Wildman–Crippen MR) is 57.7 cm³/mol. The van der Waals surface area contributed by atoms with Crippen LogP contribution in [0.25, 0.3) is 0 Å². The number of hydrogen-bond donors (Lipinski definition) is 3. The number of aromatic nitrogens is 1. The van der Waals surface area contributed by atoms with Crippen LogP contribution in [-0.4, -0.2) is 30.0 Å². The maximum Gasteiger partial charge on any atom is 0.252 e. The van der Waals surface area contributed by atoms with E-state index < -0.39 is 5.91 Å². The summed E-state index contributed by atoms with van der Waals surface area (Å²) in [6.07, 6.45) is 2.69. The van der Waals surface area contributed by atoms with Gasteiger partial charge >= 0.3 is 0 Å². The highest BCUT2D eigenvalue weighted by atomic mass is 16.1. The van der Waals surface area contributed by atoms with E-state index in [0.717, 1.165) is 19.5 Å². The lowest BCUT2D eigenvalue weighted by Crippen LogP contribution is -2.25. The molecular weight excluding hydrogens is 192 g/mol. The van der Waals surface area contributed by atoms with Gasteiger partial charge in [0.25, 0.3) is 5.91 Å². The highest BCUT2D eigenvalue weighted by molar-refractivity contribution is 5.97. The van der Waals surface area contributed by atoms with Crippen molar-refractivity contribution in [2.24, 2.45) is 5.73 Å². The Morgan fingerprint density at radius 2 is 2.53 bits per heavy atom. The third-order valence-electron chi connectivity index (χ3n) is 2.47. The van der Waals surface area contributed by atoms with E-state index in [4.69, 9.17) is 5.73 Å². The molecule has 5 nitrogen and oxygen atoms in total. The van der Waals surface area contributed by atoms with Crippen molar-refractivity contribution < 1.29 is 4.79 Å². The summed E-state index contributed by atoms with van der Waals surface area (Å²) in [7, 11) is 0. The quantitative estimate of drug-likeness (QED) is 0.648. The van der Waals surface area contributed by atoms with Gasteiger partial charge in [0.1, 0.15) is 5.82 Å². The molecular formula is C10H14N4O. The second-order valence-corrected chi connectivity index (χ2v) is 3.60. The third kappa shape index (κ3) is 2.24. The van der Waals surface area contributed by atoms with Crippen LogP contribution in [-0.2, 0) is 0 Å². The van der Waals surface area contributed by atoms with Gasteiger partial charge in [-0.05, 0) is 25.1 Å². The molecule has 1 amide bonds. The zero-order valence-electron chi connectivity index (χ0n) is 8.36. The van der Waals surface area contributed by atoms with E-state index >= 15 is 0 Å². The topological polar surface area (TPSA) is 80.0 Å². The van der Waals surface area contributed by atoms with Crippen molar-refractivity contribution in [3.05, 3.63) is 23.9 Å². The lowest BCUT2D eigenvalue weighted by Gasteiger charge is -2.13. The minimum absolute atomic E-state index is 0.331. The Balaban J connectivity index is 2.15. The molecule has 1 saturated heterocycles. The van der Waals surface area contributed by atoms with Crippen LogP contribution in [0.1, 0.15) is 16.8 Å². The van der Waals surface area contributed by atoms with Crippen molar-refractivity contribution >= 4 is 11.7 Å². The van der Waals surface area contributed by atoms with Crippen LogP contribution < -0.4 is 16.4 Å². The van der Waals surface area contributed by atoms with Gasteiger partial charge in [-0.15, -0.1) is 0 Å². The van der Waals surface area contributed by atoms with Gasteiger partial charge in [-0.25, -0.2) is 4.98 Å². The van der Waals surface area contributed by atoms with Crippen LogP contribution in [0.3, 0.4) is 0 Å². The molecule has 2 heterocycles. The Morgan fingerprint density at radius 3 is 3.20 bits per heavy atom. The third-order valence-corrected chi connectivity index (χ3v) is 2.47. The summed E-state index contributed by atoms with van der Waals surface area (Å²) in [6.45, 7) is 1.89. The van der Waals surface area contributed by atoms with Crippen molar-refractivity contribution in [3.63, 3.8) is 0 Å². The van der Waals surface area contributed by atoms with E-state index in [1.54, 1.807) is 18.3 Å². The van der Waals surface area contributed by atoms with Gasteiger partial charge in [-0.1, -0.05) is 0 Å². The summed E-state index contributed by atoms with van der Waals surface area (Å²) in [5, 5.41) is 6.45. The first-order chi connectivity index (χ1) is 7.27. The van der Waals surface area contributed by atoms with Crippen molar-refractivity contribution in [3.8, 4) is 0 Å². The molecule has 1 fully saturated rings. The number of nitrogens with one attached hydrogen (secondary N) is 2. The Hall–Kier alpha value is -1.62. The number of anilines is 1. The molecule has 0 saturated carbocycles. The molecule has 2 rings (SSSR count). The summed E-state index contributed by atoms with van der Waals surface area (Å²) in [5.41, 5.74) is 5.70. The number of pyridine rings is 1. The highest BCUT2D eigenvalue weighted by Gasteiger charge is 2.17. The summed E-state index contributed by atoms with van der Waals surface area (Å²) >= 11 is 0. The lowest BCUT2D eigenvalue weighted by molar-refractivity contribution is 0.100. The molecule has 1 aliphatic rings. The molecule has 0 spiro atoms. The number of nitrogens with two attached hydrogens (primary N) is 1. The van der Waals surface area contributed by atoms with Gasteiger partial charge in [-0.2, -0.15) is 0 Å². The zero-order valence-corrected chi connectivity index (χ0v) is 8.36. The fourth-order valence-electron chi connectivity index (χ4n) is 1.69.